The van der Waals surface area contributed by atoms with Crippen LogP contribution in [-0.2, 0) is 0 Å². The lowest BCUT2D eigenvalue weighted by atomic mass is 10.3. The van der Waals surface area contributed by atoms with E-state index in [4.69, 9.17) is 0 Å². The van der Waals surface area contributed by atoms with Gasteiger partial charge >= 0.3 is 0 Å². The molecule has 0 heterocycles. The van der Waals surface area contributed by atoms with Crippen LogP contribution in [-0.4, -0.2) is 13.1 Å². The van der Waals surface area contributed by atoms with Crippen LogP contribution < -0.4 is 10.6 Å². The van der Waals surface area contributed by atoms with Gasteiger partial charge < -0.3 is 10.6 Å². The Bertz CT molecular complexity index is 440. The second kappa shape index (κ2) is 5.89. The first kappa shape index (κ1) is 11.5. The molecule has 0 saturated heterocycles. The van der Waals surface area contributed by atoms with Gasteiger partial charge in [-0.15, -0.1) is 0 Å². The molecule has 17 heavy (non-hydrogen) atoms. The average Bonchev–Trinajstić information content (AvgIpc) is 2.38. The lowest BCUT2D eigenvalue weighted by molar-refractivity contribution is 0.628. The summed E-state index contributed by atoms with van der Waals surface area (Å²) in [4.78, 5) is 0. The number of para-hydroxylation sites is 1. The van der Waals surface area contributed by atoms with E-state index in [0.717, 1.165) is 24.5 Å². The summed E-state index contributed by atoms with van der Waals surface area (Å²) >= 11 is 0. The highest BCUT2D eigenvalue weighted by atomic mass is 19.1. The predicted molar refractivity (Wildman–Crippen MR) is 69.8 cm³/mol. The molecule has 0 fully saturated rings. The third-order valence-corrected chi connectivity index (χ3v) is 2.40. The van der Waals surface area contributed by atoms with Crippen molar-refractivity contribution >= 4 is 11.4 Å². The normalized spacial score (nSPS) is 9.94. The Hall–Kier alpha value is -2.03. The molecule has 0 aliphatic heterocycles. The van der Waals surface area contributed by atoms with Gasteiger partial charge in [-0.25, -0.2) is 4.39 Å². The average molecular weight is 230 g/mol. The van der Waals surface area contributed by atoms with E-state index >= 15 is 0 Å². The minimum atomic E-state index is -0.210. The van der Waals surface area contributed by atoms with Gasteiger partial charge in [-0.3, -0.25) is 0 Å². The molecule has 3 heteroatoms. The molecule has 2 rings (SSSR count). The van der Waals surface area contributed by atoms with E-state index in [0.29, 0.717) is 0 Å². The van der Waals surface area contributed by atoms with Crippen LogP contribution in [0.3, 0.4) is 0 Å². The Balaban J connectivity index is 1.71. The fraction of sp³-hybridized carbons (Fsp3) is 0.143. The summed E-state index contributed by atoms with van der Waals surface area (Å²) in [5, 5.41) is 6.50. The van der Waals surface area contributed by atoms with Crippen molar-refractivity contribution in [2.75, 3.05) is 23.7 Å². The molecular weight excluding hydrogens is 215 g/mol. The van der Waals surface area contributed by atoms with Crippen LogP contribution in [0, 0.1) is 5.82 Å². The van der Waals surface area contributed by atoms with E-state index in [1.165, 1.54) is 12.1 Å². The molecule has 2 aromatic rings. The number of anilines is 2. The number of rotatable bonds is 5. The summed E-state index contributed by atoms with van der Waals surface area (Å²) in [5.41, 5.74) is 2.04. The fourth-order valence-corrected chi connectivity index (χ4v) is 1.54. The van der Waals surface area contributed by atoms with Crippen molar-refractivity contribution in [3.63, 3.8) is 0 Å². The Morgan fingerprint density at radius 3 is 1.82 bits per heavy atom. The number of halogens is 1. The van der Waals surface area contributed by atoms with Crippen molar-refractivity contribution in [2.45, 2.75) is 0 Å². The van der Waals surface area contributed by atoms with E-state index in [9.17, 15) is 4.39 Å². The zero-order chi connectivity index (χ0) is 11.9. The predicted octanol–water partition coefficient (Wildman–Crippen LogP) is 3.35. The molecule has 0 atom stereocenters. The number of hydrogen-bond acceptors (Lipinski definition) is 2. The third kappa shape index (κ3) is 3.79. The number of hydrogen-bond donors (Lipinski definition) is 2. The molecule has 0 bridgehead atoms. The topological polar surface area (TPSA) is 24.1 Å². The SMILES string of the molecule is Fc1ccc(NCCNc2ccccc2)cc1. The molecule has 0 amide bonds. The second-order valence-corrected chi connectivity index (χ2v) is 3.73. The number of benzene rings is 2. The van der Waals surface area contributed by atoms with Crippen LogP contribution in [0.1, 0.15) is 0 Å². The van der Waals surface area contributed by atoms with Crippen LogP contribution in [0.25, 0.3) is 0 Å². The van der Waals surface area contributed by atoms with Gasteiger partial charge in [-0.05, 0) is 36.4 Å². The van der Waals surface area contributed by atoms with Crippen molar-refractivity contribution in [2.24, 2.45) is 0 Å². The molecule has 0 unspecified atom stereocenters. The third-order valence-electron chi connectivity index (χ3n) is 2.40. The Morgan fingerprint density at radius 2 is 1.24 bits per heavy atom. The maximum Gasteiger partial charge on any atom is 0.123 e. The summed E-state index contributed by atoms with van der Waals surface area (Å²) in [5.74, 6) is -0.210. The Kier molecular flexibility index (Phi) is 3.97. The minimum absolute atomic E-state index is 0.210. The van der Waals surface area contributed by atoms with E-state index in [1.807, 2.05) is 30.3 Å². The standard InChI is InChI=1S/C14H15FN2/c15-12-6-8-14(9-7-12)17-11-10-16-13-4-2-1-3-5-13/h1-9,16-17H,10-11H2. The molecule has 2 nitrogen and oxygen atoms in total. The van der Waals surface area contributed by atoms with Crippen molar-refractivity contribution in [1.82, 2.24) is 0 Å². The van der Waals surface area contributed by atoms with Crippen LogP contribution in [0.5, 0.6) is 0 Å². The molecule has 0 aliphatic carbocycles. The Morgan fingerprint density at radius 1 is 0.706 bits per heavy atom. The van der Waals surface area contributed by atoms with E-state index < -0.39 is 0 Å². The smallest absolute Gasteiger partial charge is 0.123 e. The first-order chi connectivity index (χ1) is 8.34. The summed E-state index contributed by atoms with van der Waals surface area (Å²) < 4.78 is 12.7. The molecule has 0 spiro atoms. The molecule has 88 valence electrons. The van der Waals surface area contributed by atoms with Gasteiger partial charge in [-0.1, -0.05) is 18.2 Å². The molecule has 0 aromatic heterocycles. The van der Waals surface area contributed by atoms with Crippen molar-refractivity contribution in [3.05, 3.63) is 60.4 Å². The van der Waals surface area contributed by atoms with Crippen LogP contribution in [0.15, 0.2) is 54.6 Å². The zero-order valence-corrected chi connectivity index (χ0v) is 9.49. The van der Waals surface area contributed by atoms with Gasteiger partial charge in [0.05, 0.1) is 0 Å². The van der Waals surface area contributed by atoms with Crippen molar-refractivity contribution < 1.29 is 4.39 Å². The molecule has 0 saturated carbocycles. The largest absolute Gasteiger partial charge is 0.383 e. The summed E-state index contributed by atoms with van der Waals surface area (Å²) in [6, 6.07) is 16.4. The van der Waals surface area contributed by atoms with E-state index in [-0.39, 0.29) is 5.82 Å². The molecular formula is C14H15FN2. The number of nitrogens with one attached hydrogen (secondary N) is 2. The lowest BCUT2D eigenvalue weighted by Gasteiger charge is -2.08. The maximum absolute atomic E-state index is 12.7. The quantitative estimate of drug-likeness (QED) is 0.770. The fourth-order valence-electron chi connectivity index (χ4n) is 1.54. The van der Waals surface area contributed by atoms with Gasteiger partial charge in [0.1, 0.15) is 5.82 Å². The Labute approximate surface area is 100 Å². The highest BCUT2D eigenvalue weighted by Crippen LogP contribution is 2.08. The van der Waals surface area contributed by atoms with Gasteiger partial charge in [0, 0.05) is 24.5 Å². The maximum atomic E-state index is 12.7. The molecule has 2 aromatic carbocycles. The summed E-state index contributed by atoms with van der Waals surface area (Å²) in [6.07, 6.45) is 0. The minimum Gasteiger partial charge on any atom is -0.383 e. The van der Waals surface area contributed by atoms with Gasteiger partial charge in [0.2, 0.25) is 0 Å². The second-order valence-electron chi connectivity index (χ2n) is 3.73. The van der Waals surface area contributed by atoms with Crippen LogP contribution in [0.2, 0.25) is 0 Å². The van der Waals surface area contributed by atoms with Crippen molar-refractivity contribution in [3.8, 4) is 0 Å². The van der Waals surface area contributed by atoms with Crippen molar-refractivity contribution in [1.29, 1.82) is 0 Å². The van der Waals surface area contributed by atoms with Crippen LogP contribution in [0.4, 0.5) is 15.8 Å². The first-order valence-electron chi connectivity index (χ1n) is 5.63. The summed E-state index contributed by atoms with van der Waals surface area (Å²) in [7, 11) is 0. The molecule has 2 N–H and O–H groups in total. The van der Waals surface area contributed by atoms with Gasteiger partial charge in [-0.2, -0.15) is 0 Å². The van der Waals surface area contributed by atoms with Gasteiger partial charge in [0.25, 0.3) is 0 Å². The lowest BCUT2D eigenvalue weighted by Crippen LogP contribution is -2.13. The van der Waals surface area contributed by atoms with Gasteiger partial charge in [0.15, 0.2) is 0 Å². The molecule has 0 aliphatic rings. The van der Waals surface area contributed by atoms with E-state index in [1.54, 1.807) is 12.1 Å². The monoisotopic (exact) mass is 230 g/mol. The molecule has 0 radical (unpaired) electrons. The van der Waals surface area contributed by atoms with Crippen LogP contribution >= 0.6 is 0 Å². The first-order valence-corrected chi connectivity index (χ1v) is 5.63. The highest BCUT2D eigenvalue weighted by molar-refractivity contribution is 5.45. The highest BCUT2D eigenvalue weighted by Gasteiger charge is 1.93. The zero-order valence-electron chi connectivity index (χ0n) is 9.49. The summed E-state index contributed by atoms with van der Waals surface area (Å²) in [6.45, 7) is 1.61. The van der Waals surface area contributed by atoms with E-state index in [2.05, 4.69) is 10.6 Å².